The van der Waals surface area contributed by atoms with Crippen molar-refractivity contribution in [1.29, 1.82) is 0 Å². The third-order valence-electron chi connectivity index (χ3n) is 4.68. The van der Waals surface area contributed by atoms with Gasteiger partial charge in [-0.15, -0.1) is 0 Å². The number of nitrogens with one attached hydrogen (secondary N) is 2. The van der Waals surface area contributed by atoms with E-state index in [1.165, 1.54) is 0 Å². The first-order chi connectivity index (χ1) is 13.9. The van der Waals surface area contributed by atoms with Crippen molar-refractivity contribution in [1.82, 2.24) is 9.97 Å². The number of carbonyl (C=O) groups is 2. The molecule has 2 heterocycles. The van der Waals surface area contributed by atoms with E-state index in [-0.39, 0.29) is 24.0 Å². The predicted octanol–water partition coefficient (Wildman–Crippen LogP) is 4.87. The zero-order valence-corrected chi connectivity index (χ0v) is 16.7. The maximum atomic E-state index is 12.2. The quantitative estimate of drug-likeness (QED) is 0.603. The van der Waals surface area contributed by atoms with E-state index in [1.807, 2.05) is 32.0 Å². The van der Waals surface area contributed by atoms with Crippen LogP contribution >= 0.6 is 11.6 Å². The smallest absolute Gasteiger partial charge is 0.228 e. The average molecular weight is 407 g/mol. The molecular formula is C22H19ClN4O2. The number of halogens is 1. The number of aromatic nitrogens is 2. The Morgan fingerprint density at radius 2 is 1.93 bits per heavy atom. The Labute approximate surface area is 173 Å². The molecule has 0 atom stereocenters. The fourth-order valence-electron chi connectivity index (χ4n) is 3.20. The Kier molecular flexibility index (Phi) is 5.03. The first-order valence-corrected chi connectivity index (χ1v) is 9.65. The van der Waals surface area contributed by atoms with E-state index in [9.17, 15) is 9.59 Å². The van der Waals surface area contributed by atoms with Crippen LogP contribution in [0, 0.1) is 5.92 Å². The highest BCUT2D eigenvalue weighted by Crippen LogP contribution is 2.34. The number of anilines is 3. The molecule has 29 heavy (non-hydrogen) atoms. The second kappa shape index (κ2) is 7.64. The van der Waals surface area contributed by atoms with Gasteiger partial charge in [0.15, 0.2) is 5.78 Å². The molecule has 1 amide bonds. The molecule has 4 rings (SSSR count). The first-order valence-electron chi connectivity index (χ1n) is 9.27. The van der Waals surface area contributed by atoms with Crippen LogP contribution in [0.4, 0.5) is 17.3 Å². The fourth-order valence-corrected chi connectivity index (χ4v) is 3.38. The molecule has 0 saturated carbocycles. The van der Waals surface area contributed by atoms with Gasteiger partial charge in [-0.1, -0.05) is 25.4 Å². The molecule has 1 aromatic heterocycles. The van der Waals surface area contributed by atoms with Crippen molar-refractivity contribution in [3.8, 4) is 11.3 Å². The Balaban J connectivity index is 1.66. The molecule has 0 bridgehead atoms. The Bertz CT molecular complexity index is 1110. The van der Waals surface area contributed by atoms with Gasteiger partial charge in [0.1, 0.15) is 0 Å². The van der Waals surface area contributed by atoms with Gasteiger partial charge < -0.3 is 10.6 Å². The summed E-state index contributed by atoms with van der Waals surface area (Å²) in [5, 5.41) is 6.56. The van der Waals surface area contributed by atoms with Crippen LogP contribution in [0.15, 0.2) is 48.7 Å². The van der Waals surface area contributed by atoms with Gasteiger partial charge >= 0.3 is 0 Å². The lowest BCUT2D eigenvalue weighted by molar-refractivity contribution is -0.115. The van der Waals surface area contributed by atoms with Crippen LogP contribution in [0.5, 0.6) is 0 Å². The number of nitrogens with zero attached hydrogens (tertiary/aromatic N) is 2. The zero-order chi connectivity index (χ0) is 20.5. The maximum absolute atomic E-state index is 12.2. The minimum atomic E-state index is -0.137. The molecule has 0 fully saturated rings. The number of fused-ring (bicyclic) bond motifs is 3. The predicted molar refractivity (Wildman–Crippen MR) is 114 cm³/mol. The van der Waals surface area contributed by atoms with Crippen LogP contribution in [-0.4, -0.2) is 21.7 Å². The first kappa shape index (κ1) is 19.1. The monoisotopic (exact) mass is 406 g/mol. The highest BCUT2D eigenvalue weighted by Gasteiger charge is 2.21. The lowest BCUT2D eigenvalue weighted by Crippen LogP contribution is -2.12. The fraction of sp³-hybridized carbons (Fsp3) is 0.182. The van der Waals surface area contributed by atoms with Crippen molar-refractivity contribution in [3.05, 3.63) is 64.8 Å². The van der Waals surface area contributed by atoms with E-state index in [0.29, 0.717) is 27.9 Å². The maximum Gasteiger partial charge on any atom is 0.228 e. The van der Waals surface area contributed by atoms with Crippen molar-refractivity contribution < 1.29 is 9.59 Å². The second-order valence-corrected chi connectivity index (χ2v) is 7.64. The minimum Gasteiger partial charge on any atom is -0.325 e. The molecule has 0 spiro atoms. The summed E-state index contributed by atoms with van der Waals surface area (Å²) >= 11 is 6.08. The molecule has 146 valence electrons. The summed E-state index contributed by atoms with van der Waals surface area (Å²) < 4.78 is 0. The van der Waals surface area contributed by atoms with Crippen LogP contribution < -0.4 is 10.6 Å². The summed E-state index contributed by atoms with van der Waals surface area (Å²) in [6.07, 6.45) is 1.85. The third-order valence-corrected chi connectivity index (χ3v) is 4.91. The Morgan fingerprint density at radius 3 is 2.66 bits per heavy atom. The number of hydrogen-bond donors (Lipinski definition) is 2. The summed E-state index contributed by atoms with van der Waals surface area (Å²) in [5.41, 5.74) is 4.28. The number of Topliss-reactive ketones (excluding diaryl/α,β-unsaturated/α-hetero) is 1. The molecule has 0 radical (unpaired) electrons. The summed E-state index contributed by atoms with van der Waals surface area (Å²) in [7, 11) is 0. The molecule has 1 aliphatic rings. The highest BCUT2D eigenvalue weighted by atomic mass is 35.5. The summed E-state index contributed by atoms with van der Waals surface area (Å²) in [4.78, 5) is 33.2. The van der Waals surface area contributed by atoms with E-state index in [1.54, 1.807) is 30.5 Å². The summed E-state index contributed by atoms with van der Waals surface area (Å²) in [6, 6.07) is 12.5. The molecule has 2 aromatic carbocycles. The van der Waals surface area contributed by atoms with Crippen molar-refractivity contribution in [2.75, 3.05) is 10.6 Å². The van der Waals surface area contributed by atoms with E-state index < -0.39 is 0 Å². The van der Waals surface area contributed by atoms with Gasteiger partial charge in [-0.25, -0.2) is 9.97 Å². The van der Waals surface area contributed by atoms with Gasteiger partial charge in [-0.3, -0.25) is 9.59 Å². The van der Waals surface area contributed by atoms with Gasteiger partial charge in [0.05, 0.1) is 17.8 Å². The lowest BCUT2D eigenvalue weighted by atomic mass is 10.0. The molecule has 2 N–H and O–H groups in total. The lowest BCUT2D eigenvalue weighted by Gasteiger charge is -2.11. The zero-order valence-electron chi connectivity index (χ0n) is 16.0. The number of hydrogen-bond acceptors (Lipinski definition) is 5. The van der Waals surface area contributed by atoms with Crippen molar-refractivity contribution in [2.45, 2.75) is 20.3 Å². The number of rotatable bonds is 4. The van der Waals surface area contributed by atoms with Gasteiger partial charge in [0.2, 0.25) is 11.9 Å². The average Bonchev–Trinajstić information content (AvgIpc) is 2.82. The molecular weight excluding hydrogens is 388 g/mol. The number of benzene rings is 2. The number of carbonyl (C=O) groups excluding carboxylic acids is 2. The van der Waals surface area contributed by atoms with E-state index in [4.69, 9.17) is 11.6 Å². The molecule has 3 aromatic rings. The summed E-state index contributed by atoms with van der Waals surface area (Å²) in [6.45, 7) is 3.76. The Morgan fingerprint density at radius 1 is 1.17 bits per heavy atom. The number of amides is 1. The van der Waals surface area contributed by atoms with Crippen LogP contribution in [0.3, 0.4) is 0 Å². The van der Waals surface area contributed by atoms with Crippen molar-refractivity contribution in [3.63, 3.8) is 0 Å². The van der Waals surface area contributed by atoms with Crippen LogP contribution in [0.25, 0.3) is 11.3 Å². The largest absolute Gasteiger partial charge is 0.325 e. The third kappa shape index (κ3) is 3.98. The van der Waals surface area contributed by atoms with E-state index in [0.717, 1.165) is 16.8 Å². The SMILES string of the molecule is CC(C)C(=O)c1ccc(Nc2ncc3c(n2)-c2ccc(Cl)cc2NC(=O)C3)cc1. The molecule has 1 aliphatic heterocycles. The van der Waals surface area contributed by atoms with Crippen LogP contribution in [0.2, 0.25) is 5.02 Å². The topological polar surface area (TPSA) is 84.0 Å². The van der Waals surface area contributed by atoms with Crippen LogP contribution in [-0.2, 0) is 11.2 Å². The van der Waals surface area contributed by atoms with Crippen LogP contribution in [0.1, 0.15) is 29.8 Å². The minimum absolute atomic E-state index is 0.0494. The Hall–Kier alpha value is -3.25. The highest BCUT2D eigenvalue weighted by molar-refractivity contribution is 6.31. The number of ketones is 1. The normalized spacial score (nSPS) is 12.6. The second-order valence-electron chi connectivity index (χ2n) is 7.20. The summed E-state index contributed by atoms with van der Waals surface area (Å²) in [5.74, 6) is 0.320. The molecule has 0 unspecified atom stereocenters. The van der Waals surface area contributed by atoms with Gasteiger partial charge in [-0.2, -0.15) is 0 Å². The molecule has 0 saturated heterocycles. The van der Waals surface area contributed by atoms with Gasteiger partial charge in [0.25, 0.3) is 0 Å². The molecule has 7 heteroatoms. The van der Waals surface area contributed by atoms with Gasteiger partial charge in [-0.05, 0) is 42.5 Å². The molecule has 0 aliphatic carbocycles. The van der Waals surface area contributed by atoms with Gasteiger partial charge in [0, 0.05) is 39.5 Å². The standard InChI is InChI=1S/C22H19ClN4O2/c1-12(2)21(29)13-3-6-16(7-4-13)25-22-24-11-14-9-19(28)26-18-10-15(23)5-8-17(18)20(14)27-22/h3-8,10-12H,9H2,1-2H3,(H,26,28)(H,24,25,27). The van der Waals surface area contributed by atoms with Crippen molar-refractivity contribution in [2.24, 2.45) is 5.92 Å². The van der Waals surface area contributed by atoms with E-state index in [2.05, 4.69) is 20.6 Å². The molecule has 6 nitrogen and oxygen atoms in total. The van der Waals surface area contributed by atoms with E-state index >= 15 is 0 Å². The van der Waals surface area contributed by atoms with Crippen molar-refractivity contribution >= 4 is 40.6 Å².